The summed E-state index contributed by atoms with van der Waals surface area (Å²) in [6, 6.07) is 3.51. The quantitative estimate of drug-likeness (QED) is 0.357. The van der Waals surface area contributed by atoms with Crippen molar-refractivity contribution in [2.45, 2.75) is 4.90 Å². The van der Waals surface area contributed by atoms with Gasteiger partial charge in [-0.1, -0.05) is 0 Å². The fourth-order valence-electron chi connectivity index (χ4n) is 1.22. The number of nitrogens with two attached hydrogens (primary N) is 1. The van der Waals surface area contributed by atoms with E-state index in [1.807, 2.05) is 0 Å². The van der Waals surface area contributed by atoms with E-state index in [2.05, 4.69) is 5.43 Å². The Morgan fingerprint density at radius 2 is 1.82 bits per heavy atom. The smallest absolute Gasteiger partial charge is 0.340 e. The average molecular weight is 257 g/mol. The van der Waals surface area contributed by atoms with Crippen LogP contribution >= 0.6 is 0 Å². The molecule has 1 aromatic carbocycles. The minimum absolute atomic E-state index is 0.147. The van der Waals surface area contributed by atoms with Gasteiger partial charge in [-0.15, -0.1) is 0 Å². The van der Waals surface area contributed by atoms with Gasteiger partial charge in [0.05, 0.1) is 5.69 Å². The van der Waals surface area contributed by atoms with Gasteiger partial charge < -0.3 is 5.73 Å². The first-order valence-corrected chi connectivity index (χ1v) is 5.77. The lowest BCUT2D eigenvalue weighted by Gasteiger charge is -2.07. The van der Waals surface area contributed by atoms with Crippen LogP contribution < -0.4 is 22.3 Å². The Kier molecular flexibility index (Phi) is 2.29. The van der Waals surface area contributed by atoms with Gasteiger partial charge in [-0.05, 0) is 18.2 Å². The predicted molar refractivity (Wildman–Crippen MR) is 59.0 cm³/mol. The van der Waals surface area contributed by atoms with Gasteiger partial charge in [-0.2, -0.15) is 13.1 Å². The normalized spacial score (nSPS) is 11.8. The lowest BCUT2D eigenvalue weighted by atomic mass is 10.3. The average Bonchev–Trinajstić information content (AvgIpc) is 2.74. The largest absolute Gasteiger partial charge is 0.399 e. The molecule has 0 atom stereocenters. The molecule has 0 aliphatic rings. The fourth-order valence-corrected chi connectivity index (χ4v) is 1.84. The van der Waals surface area contributed by atoms with E-state index in [9.17, 15) is 18.0 Å². The SMILES string of the molecule is Nc1ccc(S(=O)(=O)O)c(Nn2c(=O)c2=O)c1. The van der Waals surface area contributed by atoms with Crippen molar-refractivity contribution in [1.82, 2.24) is 4.68 Å². The van der Waals surface area contributed by atoms with Crippen molar-refractivity contribution < 1.29 is 13.0 Å². The Bertz CT molecular complexity index is 728. The van der Waals surface area contributed by atoms with Crippen LogP contribution in [0, 0.1) is 0 Å². The molecule has 4 N–H and O–H groups in total. The van der Waals surface area contributed by atoms with Crippen LogP contribution in [0.5, 0.6) is 0 Å². The summed E-state index contributed by atoms with van der Waals surface area (Å²) in [5.41, 5.74) is 6.15. The Balaban J connectivity index is 2.52. The summed E-state index contributed by atoms with van der Waals surface area (Å²) in [7, 11) is -4.47. The van der Waals surface area contributed by atoms with Gasteiger partial charge in [0.15, 0.2) is 0 Å². The van der Waals surface area contributed by atoms with Crippen molar-refractivity contribution in [3.63, 3.8) is 0 Å². The molecule has 0 aliphatic carbocycles. The molecular formula is C8H7N3O5S. The predicted octanol–water partition coefficient (Wildman–Crippen LogP) is -1.21. The second kappa shape index (κ2) is 3.43. The summed E-state index contributed by atoms with van der Waals surface area (Å²) in [5.74, 6) is 0. The highest BCUT2D eigenvalue weighted by Crippen LogP contribution is 2.23. The molecule has 0 fully saturated rings. The van der Waals surface area contributed by atoms with Crippen molar-refractivity contribution in [2.75, 3.05) is 11.2 Å². The van der Waals surface area contributed by atoms with Crippen LogP contribution in [0.25, 0.3) is 0 Å². The maximum absolute atomic E-state index is 11.0. The highest BCUT2D eigenvalue weighted by Gasteiger charge is 2.21. The first-order valence-electron chi connectivity index (χ1n) is 4.33. The molecule has 0 bridgehead atoms. The zero-order chi connectivity index (χ0) is 12.8. The summed E-state index contributed by atoms with van der Waals surface area (Å²) < 4.78 is 31.6. The van der Waals surface area contributed by atoms with Crippen molar-refractivity contribution in [1.29, 1.82) is 0 Å². The fraction of sp³-hybridized carbons (Fsp3) is 0. The van der Waals surface area contributed by atoms with Crippen LogP contribution in [0.3, 0.4) is 0 Å². The molecule has 0 unspecified atom stereocenters. The Morgan fingerprint density at radius 3 is 2.29 bits per heavy atom. The molecule has 1 aromatic heterocycles. The van der Waals surface area contributed by atoms with E-state index >= 15 is 0 Å². The molecule has 0 aliphatic heterocycles. The molecule has 2 rings (SSSR count). The van der Waals surface area contributed by atoms with Crippen molar-refractivity contribution >= 4 is 21.5 Å². The van der Waals surface area contributed by atoms with Crippen molar-refractivity contribution in [3.05, 3.63) is 38.9 Å². The third-order valence-corrected chi connectivity index (χ3v) is 2.96. The van der Waals surface area contributed by atoms with E-state index in [1.165, 1.54) is 12.1 Å². The number of hydrogen-bond acceptors (Lipinski definition) is 6. The monoisotopic (exact) mass is 257 g/mol. The van der Waals surface area contributed by atoms with E-state index in [-0.39, 0.29) is 11.4 Å². The molecule has 8 nitrogen and oxygen atoms in total. The Labute approximate surface area is 94.7 Å². The number of nitrogens with one attached hydrogen (secondary N) is 1. The van der Waals surface area contributed by atoms with Crippen LogP contribution in [-0.2, 0) is 10.1 Å². The molecular weight excluding hydrogens is 250 g/mol. The van der Waals surface area contributed by atoms with Crippen LogP contribution in [0.1, 0.15) is 0 Å². The van der Waals surface area contributed by atoms with Gasteiger partial charge in [0.1, 0.15) is 4.90 Å². The third-order valence-electron chi connectivity index (χ3n) is 2.05. The number of anilines is 2. The number of benzene rings is 1. The number of aromatic nitrogens is 1. The first kappa shape index (κ1) is 11.4. The second-order valence-corrected chi connectivity index (χ2v) is 4.68. The zero-order valence-corrected chi connectivity index (χ0v) is 9.06. The molecule has 9 heteroatoms. The van der Waals surface area contributed by atoms with Gasteiger partial charge in [-0.3, -0.25) is 19.6 Å². The van der Waals surface area contributed by atoms with Crippen LogP contribution in [0.15, 0.2) is 32.7 Å². The lowest BCUT2D eigenvalue weighted by Crippen LogP contribution is -2.12. The highest BCUT2D eigenvalue weighted by molar-refractivity contribution is 7.86. The van der Waals surface area contributed by atoms with E-state index in [1.54, 1.807) is 0 Å². The summed E-state index contributed by atoms with van der Waals surface area (Å²) in [5, 5.41) is 0. The number of nitrogens with zero attached hydrogens (tertiary/aromatic N) is 1. The molecule has 2 aromatic rings. The van der Waals surface area contributed by atoms with Gasteiger partial charge >= 0.3 is 11.1 Å². The molecule has 0 spiro atoms. The van der Waals surface area contributed by atoms with Gasteiger partial charge in [0.25, 0.3) is 10.1 Å². The molecule has 0 radical (unpaired) electrons. The molecule has 1 heterocycles. The Morgan fingerprint density at radius 1 is 1.24 bits per heavy atom. The highest BCUT2D eigenvalue weighted by atomic mass is 32.2. The number of nitrogen functional groups attached to an aromatic ring is 1. The number of hydrogen-bond donors (Lipinski definition) is 3. The maximum atomic E-state index is 11.0. The van der Waals surface area contributed by atoms with Crippen molar-refractivity contribution in [3.8, 4) is 0 Å². The standard InChI is InChI=1S/C8H7N3O5S/c9-4-1-2-6(17(14,15)16)5(3-4)10-11-7(12)8(11)13/h1-3,10H,9H2,(H,14,15,16). The van der Waals surface area contributed by atoms with E-state index < -0.39 is 26.1 Å². The van der Waals surface area contributed by atoms with Gasteiger partial charge in [0, 0.05) is 5.69 Å². The van der Waals surface area contributed by atoms with Crippen LogP contribution in [0.2, 0.25) is 0 Å². The van der Waals surface area contributed by atoms with Crippen molar-refractivity contribution in [2.24, 2.45) is 0 Å². The molecule has 0 saturated heterocycles. The van der Waals surface area contributed by atoms with Crippen LogP contribution in [-0.4, -0.2) is 17.6 Å². The Hall–Kier alpha value is -2.13. The van der Waals surface area contributed by atoms with E-state index in [0.29, 0.717) is 4.68 Å². The molecule has 90 valence electrons. The molecule has 17 heavy (non-hydrogen) atoms. The zero-order valence-electron chi connectivity index (χ0n) is 8.25. The third kappa shape index (κ3) is 2.05. The lowest BCUT2D eigenvalue weighted by molar-refractivity contribution is 0.483. The molecule has 0 amide bonds. The second-order valence-electron chi connectivity index (χ2n) is 3.29. The summed E-state index contributed by atoms with van der Waals surface area (Å²) in [6.07, 6.45) is 0. The number of rotatable bonds is 3. The first-order chi connectivity index (χ1) is 7.80. The van der Waals surface area contributed by atoms with Gasteiger partial charge in [0.2, 0.25) is 0 Å². The minimum atomic E-state index is -4.47. The van der Waals surface area contributed by atoms with Gasteiger partial charge in [-0.25, -0.2) is 0 Å². The summed E-state index contributed by atoms with van der Waals surface area (Å²) in [4.78, 5) is 21.0. The van der Waals surface area contributed by atoms with Crippen LogP contribution in [0.4, 0.5) is 11.4 Å². The summed E-state index contributed by atoms with van der Waals surface area (Å²) >= 11 is 0. The van der Waals surface area contributed by atoms with E-state index in [4.69, 9.17) is 10.3 Å². The molecule has 0 saturated carbocycles. The topological polar surface area (TPSA) is 131 Å². The summed E-state index contributed by atoms with van der Waals surface area (Å²) in [6.45, 7) is 0. The van der Waals surface area contributed by atoms with E-state index in [0.717, 1.165) is 6.07 Å². The minimum Gasteiger partial charge on any atom is -0.399 e. The maximum Gasteiger partial charge on any atom is 0.340 e.